The third-order valence-corrected chi connectivity index (χ3v) is 3.87. The normalized spacial score (nSPS) is 9.94. The molecule has 1 rings (SSSR count). The molecule has 0 fully saturated rings. The highest BCUT2D eigenvalue weighted by Gasteiger charge is 2.06. The van der Waals surface area contributed by atoms with Crippen LogP contribution in [0.1, 0.15) is 12.1 Å². The second-order valence-electron chi connectivity index (χ2n) is 2.79. The number of allylic oxidation sites excluding steroid dienone is 1. The third kappa shape index (κ3) is 4.28. The van der Waals surface area contributed by atoms with Gasteiger partial charge >= 0.3 is 0 Å². The first-order valence-corrected chi connectivity index (χ1v) is 6.25. The minimum absolute atomic E-state index is 0.308. The van der Waals surface area contributed by atoms with Gasteiger partial charge in [-0.3, -0.25) is 4.79 Å². The Morgan fingerprint density at radius 2 is 2.38 bits per heavy atom. The first-order valence-electron chi connectivity index (χ1n) is 4.45. The first-order chi connectivity index (χ1) is 7.63. The molecule has 0 saturated carbocycles. The minimum atomic E-state index is -1.65. The van der Waals surface area contributed by atoms with Crippen molar-refractivity contribution in [3.8, 4) is 0 Å². The van der Waals surface area contributed by atoms with E-state index in [9.17, 15) is 13.6 Å². The molecule has 1 aromatic rings. The lowest BCUT2D eigenvalue weighted by molar-refractivity contribution is -0.105. The number of carbonyl (C=O) groups excluding carboxylic acids is 1. The molecule has 16 heavy (non-hydrogen) atoms. The third-order valence-electron chi connectivity index (χ3n) is 1.61. The zero-order chi connectivity index (χ0) is 12.0. The molecule has 7 heteroatoms. The van der Waals surface area contributed by atoms with Crippen LogP contribution in [0.15, 0.2) is 16.5 Å². The van der Waals surface area contributed by atoms with Crippen LogP contribution >= 0.6 is 23.1 Å². The zero-order valence-electron chi connectivity index (χ0n) is 8.50. The lowest BCUT2D eigenvalue weighted by Crippen LogP contribution is -1.91. The molecule has 0 aromatic carbocycles. The van der Waals surface area contributed by atoms with Crippen molar-refractivity contribution in [3.05, 3.63) is 17.9 Å². The summed E-state index contributed by atoms with van der Waals surface area (Å²) in [5.74, 6) is 0.546. The van der Waals surface area contributed by atoms with E-state index in [-0.39, 0.29) is 0 Å². The van der Waals surface area contributed by atoms with Gasteiger partial charge < -0.3 is 5.32 Å². The van der Waals surface area contributed by atoms with E-state index >= 15 is 0 Å². The molecule has 0 unspecified atom stereocenters. The average Bonchev–Trinajstić information content (AvgIpc) is 2.55. The smallest absolute Gasteiger partial charge is 0.266 e. The SMILES string of the molecule is Cc1nc(SCCC=C(F)F)sc1NC=O. The van der Waals surface area contributed by atoms with Crippen molar-refractivity contribution in [1.29, 1.82) is 0 Å². The molecule has 0 spiro atoms. The molecule has 1 N–H and O–H groups in total. The van der Waals surface area contributed by atoms with Crippen LogP contribution in [0.2, 0.25) is 0 Å². The predicted molar refractivity (Wildman–Crippen MR) is 62.2 cm³/mol. The minimum Gasteiger partial charge on any atom is -0.319 e. The van der Waals surface area contributed by atoms with Crippen molar-refractivity contribution in [2.24, 2.45) is 0 Å². The number of hydrogen-bond acceptors (Lipinski definition) is 4. The molecule has 1 amide bonds. The Morgan fingerprint density at radius 1 is 1.62 bits per heavy atom. The summed E-state index contributed by atoms with van der Waals surface area (Å²) in [6.45, 7) is 1.79. The van der Waals surface area contributed by atoms with Crippen molar-refractivity contribution < 1.29 is 13.6 Å². The quantitative estimate of drug-likeness (QED) is 0.487. The van der Waals surface area contributed by atoms with Crippen LogP contribution in [-0.2, 0) is 4.79 Å². The summed E-state index contributed by atoms with van der Waals surface area (Å²) in [5.41, 5.74) is 0.742. The maximum atomic E-state index is 11.7. The van der Waals surface area contributed by atoms with Crippen molar-refractivity contribution >= 4 is 34.5 Å². The molecule has 0 saturated heterocycles. The molecule has 0 bridgehead atoms. The van der Waals surface area contributed by atoms with Gasteiger partial charge in [-0.1, -0.05) is 23.1 Å². The van der Waals surface area contributed by atoms with E-state index in [1.54, 1.807) is 6.92 Å². The summed E-state index contributed by atoms with van der Waals surface area (Å²) in [6, 6.07) is 0. The van der Waals surface area contributed by atoms with E-state index in [1.807, 2.05) is 0 Å². The predicted octanol–water partition coefficient (Wildman–Crippen LogP) is 3.28. The van der Waals surface area contributed by atoms with Gasteiger partial charge in [0.2, 0.25) is 6.41 Å². The summed E-state index contributed by atoms with van der Waals surface area (Å²) in [4.78, 5) is 14.4. The number of thiazole rings is 1. The molecule has 0 aliphatic rings. The highest BCUT2D eigenvalue weighted by Crippen LogP contribution is 2.31. The molecule has 88 valence electrons. The Kier molecular flexibility index (Phi) is 5.41. The number of carbonyl (C=O) groups is 1. The van der Waals surface area contributed by atoms with E-state index in [0.29, 0.717) is 23.6 Å². The second kappa shape index (κ2) is 6.59. The number of aryl methyl sites for hydroxylation is 1. The van der Waals surface area contributed by atoms with Gasteiger partial charge in [0.25, 0.3) is 6.08 Å². The fourth-order valence-corrected chi connectivity index (χ4v) is 2.94. The van der Waals surface area contributed by atoms with Gasteiger partial charge in [-0.25, -0.2) is 4.98 Å². The maximum Gasteiger partial charge on any atom is 0.266 e. The number of rotatable bonds is 6. The van der Waals surface area contributed by atoms with Gasteiger partial charge in [-0.15, -0.1) is 0 Å². The first kappa shape index (κ1) is 13.1. The molecule has 0 radical (unpaired) electrons. The number of thioether (sulfide) groups is 1. The number of amides is 1. The summed E-state index contributed by atoms with van der Waals surface area (Å²) in [5, 5.41) is 3.23. The summed E-state index contributed by atoms with van der Waals surface area (Å²) < 4.78 is 24.2. The van der Waals surface area contributed by atoms with Crippen molar-refractivity contribution in [3.63, 3.8) is 0 Å². The van der Waals surface area contributed by atoms with E-state index in [4.69, 9.17) is 0 Å². The van der Waals surface area contributed by atoms with Crippen LogP contribution in [0.5, 0.6) is 0 Å². The molecular formula is C9H10F2N2OS2. The number of nitrogens with zero attached hydrogens (tertiary/aromatic N) is 1. The van der Waals surface area contributed by atoms with Gasteiger partial charge in [0, 0.05) is 5.75 Å². The van der Waals surface area contributed by atoms with E-state index in [0.717, 1.165) is 16.1 Å². The van der Waals surface area contributed by atoms with Crippen molar-refractivity contribution in [2.45, 2.75) is 17.7 Å². The van der Waals surface area contributed by atoms with E-state index in [1.165, 1.54) is 23.1 Å². The summed E-state index contributed by atoms with van der Waals surface area (Å²) in [7, 11) is 0. The molecule has 1 aromatic heterocycles. The second-order valence-corrected chi connectivity index (χ2v) is 5.13. The Balaban J connectivity index is 2.45. The largest absolute Gasteiger partial charge is 0.319 e. The molecule has 3 nitrogen and oxygen atoms in total. The van der Waals surface area contributed by atoms with Crippen LogP contribution in [0.4, 0.5) is 13.8 Å². The van der Waals surface area contributed by atoms with Crippen LogP contribution < -0.4 is 5.32 Å². The average molecular weight is 264 g/mol. The highest BCUT2D eigenvalue weighted by atomic mass is 32.2. The fraction of sp³-hybridized carbons (Fsp3) is 0.333. The number of hydrogen-bond donors (Lipinski definition) is 1. The van der Waals surface area contributed by atoms with Gasteiger partial charge in [0.1, 0.15) is 5.00 Å². The molecular weight excluding hydrogens is 254 g/mol. The van der Waals surface area contributed by atoms with Crippen LogP contribution in [0.25, 0.3) is 0 Å². The molecule has 0 aliphatic carbocycles. The number of nitrogens with one attached hydrogen (secondary N) is 1. The fourth-order valence-electron chi connectivity index (χ4n) is 0.935. The van der Waals surface area contributed by atoms with Gasteiger partial charge in [0.05, 0.1) is 5.69 Å². The number of halogens is 2. The van der Waals surface area contributed by atoms with Crippen molar-refractivity contribution in [1.82, 2.24) is 4.98 Å². The van der Waals surface area contributed by atoms with Gasteiger partial charge in [-0.2, -0.15) is 8.78 Å². The maximum absolute atomic E-state index is 11.7. The van der Waals surface area contributed by atoms with Gasteiger partial charge in [0.15, 0.2) is 4.34 Å². The number of anilines is 1. The molecule has 0 atom stereocenters. The molecule has 1 heterocycles. The lowest BCUT2D eigenvalue weighted by Gasteiger charge is -1.92. The topological polar surface area (TPSA) is 42.0 Å². The van der Waals surface area contributed by atoms with Gasteiger partial charge in [-0.05, 0) is 19.4 Å². The highest BCUT2D eigenvalue weighted by molar-refractivity contribution is 8.01. The van der Waals surface area contributed by atoms with E-state index in [2.05, 4.69) is 10.3 Å². The monoisotopic (exact) mass is 264 g/mol. The number of aromatic nitrogens is 1. The van der Waals surface area contributed by atoms with Crippen molar-refractivity contribution in [2.75, 3.05) is 11.1 Å². The Bertz CT molecular complexity index is 389. The Morgan fingerprint density at radius 3 is 3.00 bits per heavy atom. The molecule has 0 aliphatic heterocycles. The lowest BCUT2D eigenvalue weighted by atomic mass is 10.5. The summed E-state index contributed by atoms with van der Waals surface area (Å²) >= 11 is 2.74. The Labute approximate surface area is 100.0 Å². The standard InChI is InChI=1S/C9H10F2N2OS2/c1-6-8(12-5-14)16-9(13-6)15-4-2-3-7(10)11/h3,5H,2,4H2,1H3,(H,12,14). The van der Waals surface area contributed by atoms with Crippen LogP contribution in [0, 0.1) is 6.92 Å². The van der Waals surface area contributed by atoms with E-state index < -0.39 is 6.08 Å². The summed E-state index contributed by atoms with van der Waals surface area (Å²) in [6.07, 6.45) is 0.134. The Hall–Kier alpha value is -0.950. The van der Waals surface area contributed by atoms with Crippen LogP contribution in [0.3, 0.4) is 0 Å². The van der Waals surface area contributed by atoms with Crippen LogP contribution in [-0.4, -0.2) is 17.1 Å². The zero-order valence-corrected chi connectivity index (χ0v) is 10.1.